The van der Waals surface area contributed by atoms with E-state index in [-0.39, 0.29) is 19.0 Å². The standard InChI is InChI=1S/C12H22N2O4S/c1-19-9-3-2-7-14(8-5-9)12(18)13-6-4-10(15)11(16)17/h9-10,15H,2-8H2,1H3,(H,13,18)(H,16,17). The predicted molar refractivity (Wildman–Crippen MR) is 74.4 cm³/mol. The van der Waals surface area contributed by atoms with Gasteiger partial charge in [0.1, 0.15) is 0 Å². The number of likely N-dealkylation sites (tertiary alicyclic amines) is 1. The first-order valence-corrected chi connectivity index (χ1v) is 7.79. The zero-order valence-electron chi connectivity index (χ0n) is 11.2. The van der Waals surface area contributed by atoms with Crippen molar-refractivity contribution in [2.75, 3.05) is 25.9 Å². The molecule has 3 N–H and O–H groups in total. The molecule has 0 aromatic heterocycles. The van der Waals surface area contributed by atoms with Gasteiger partial charge in [-0.3, -0.25) is 0 Å². The van der Waals surface area contributed by atoms with Crippen LogP contribution in [-0.4, -0.2) is 64.4 Å². The maximum absolute atomic E-state index is 11.9. The lowest BCUT2D eigenvalue weighted by molar-refractivity contribution is -0.146. The van der Waals surface area contributed by atoms with Crippen molar-refractivity contribution in [1.82, 2.24) is 10.2 Å². The number of aliphatic hydroxyl groups is 1. The van der Waals surface area contributed by atoms with Crippen LogP contribution < -0.4 is 5.32 Å². The summed E-state index contributed by atoms with van der Waals surface area (Å²) in [5.41, 5.74) is 0. The van der Waals surface area contributed by atoms with Gasteiger partial charge in [0, 0.05) is 31.3 Å². The molecule has 1 fully saturated rings. The number of aliphatic hydroxyl groups excluding tert-OH is 1. The lowest BCUT2D eigenvalue weighted by Gasteiger charge is -2.21. The number of carboxylic acid groups (broad SMARTS) is 1. The minimum absolute atomic E-state index is 0.0301. The average Bonchev–Trinajstić information content (AvgIpc) is 2.63. The number of hydrogen-bond acceptors (Lipinski definition) is 4. The second-order valence-corrected chi connectivity index (χ2v) is 5.79. The number of urea groups is 1. The normalized spacial score (nSPS) is 21.6. The highest BCUT2D eigenvalue weighted by Crippen LogP contribution is 2.21. The Morgan fingerprint density at radius 1 is 1.42 bits per heavy atom. The number of hydrogen-bond donors (Lipinski definition) is 3. The van der Waals surface area contributed by atoms with Crippen molar-refractivity contribution in [3.8, 4) is 0 Å². The molecule has 19 heavy (non-hydrogen) atoms. The Morgan fingerprint density at radius 2 is 2.16 bits per heavy atom. The topological polar surface area (TPSA) is 89.9 Å². The first-order valence-electron chi connectivity index (χ1n) is 6.51. The molecule has 1 aliphatic heterocycles. The van der Waals surface area contributed by atoms with Crippen molar-refractivity contribution in [3.05, 3.63) is 0 Å². The summed E-state index contributed by atoms with van der Waals surface area (Å²) >= 11 is 1.84. The molecule has 1 rings (SSSR count). The smallest absolute Gasteiger partial charge is 0.332 e. The number of thioether (sulfide) groups is 1. The van der Waals surface area contributed by atoms with E-state index in [1.54, 1.807) is 4.90 Å². The monoisotopic (exact) mass is 290 g/mol. The van der Waals surface area contributed by atoms with Crippen LogP contribution in [-0.2, 0) is 4.79 Å². The molecule has 1 saturated heterocycles. The van der Waals surface area contributed by atoms with E-state index < -0.39 is 12.1 Å². The van der Waals surface area contributed by atoms with E-state index in [9.17, 15) is 9.59 Å². The minimum Gasteiger partial charge on any atom is -0.479 e. The van der Waals surface area contributed by atoms with Gasteiger partial charge in [0.05, 0.1) is 0 Å². The summed E-state index contributed by atoms with van der Waals surface area (Å²) in [4.78, 5) is 24.1. The Morgan fingerprint density at radius 3 is 2.79 bits per heavy atom. The first-order chi connectivity index (χ1) is 9.04. The van der Waals surface area contributed by atoms with Crippen molar-refractivity contribution in [2.24, 2.45) is 0 Å². The largest absolute Gasteiger partial charge is 0.479 e. The second kappa shape index (κ2) is 8.27. The number of nitrogens with one attached hydrogen (secondary N) is 1. The summed E-state index contributed by atoms with van der Waals surface area (Å²) in [6.45, 7) is 1.65. The fourth-order valence-electron chi connectivity index (χ4n) is 2.06. The average molecular weight is 290 g/mol. The maximum Gasteiger partial charge on any atom is 0.332 e. The van der Waals surface area contributed by atoms with E-state index in [1.165, 1.54) is 0 Å². The Kier molecular flexibility index (Phi) is 7.01. The van der Waals surface area contributed by atoms with Crippen LogP contribution in [0.4, 0.5) is 4.79 Å². The van der Waals surface area contributed by atoms with E-state index in [4.69, 9.17) is 10.2 Å². The molecule has 110 valence electrons. The van der Waals surface area contributed by atoms with E-state index in [2.05, 4.69) is 11.6 Å². The van der Waals surface area contributed by atoms with Crippen LogP contribution in [0, 0.1) is 0 Å². The van der Waals surface area contributed by atoms with Gasteiger partial charge < -0.3 is 20.4 Å². The van der Waals surface area contributed by atoms with E-state index >= 15 is 0 Å². The number of carbonyl (C=O) groups excluding carboxylic acids is 1. The van der Waals surface area contributed by atoms with Crippen LogP contribution in [0.3, 0.4) is 0 Å². The van der Waals surface area contributed by atoms with Crippen LogP contribution in [0.2, 0.25) is 0 Å². The van der Waals surface area contributed by atoms with Crippen LogP contribution >= 0.6 is 11.8 Å². The van der Waals surface area contributed by atoms with Gasteiger partial charge in [-0.25, -0.2) is 9.59 Å². The van der Waals surface area contributed by atoms with Gasteiger partial charge in [-0.2, -0.15) is 11.8 Å². The van der Waals surface area contributed by atoms with Crippen LogP contribution in [0.25, 0.3) is 0 Å². The summed E-state index contributed by atoms with van der Waals surface area (Å²) in [5.74, 6) is -1.26. The van der Waals surface area contributed by atoms with Crippen LogP contribution in [0.1, 0.15) is 25.7 Å². The molecule has 2 amide bonds. The molecule has 6 nitrogen and oxygen atoms in total. The molecular weight excluding hydrogens is 268 g/mol. The third-order valence-electron chi connectivity index (χ3n) is 3.27. The van der Waals surface area contributed by atoms with Gasteiger partial charge in [0.15, 0.2) is 6.10 Å². The zero-order chi connectivity index (χ0) is 14.3. The summed E-state index contributed by atoms with van der Waals surface area (Å²) in [7, 11) is 0. The van der Waals surface area contributed by atoms with E-state index in [0.29, 0.717) is 5.25 Å². The molecule has 1 aliphatic rings. The summed E-state index contributed by atoms with van der Waals surface area (Å²) in [5, 5.41) is 20.9. The molecule has 0 saturated carbocycles. The number of carbonyl (C=O) groups is 2. The van der Waals surface area contributed by atoms with Crippen molar-refractivity contribution in [3.63, 3.8) is 0 Å². The molecule has 2 atom stereocenters. The molecule has 2 unspecified atom stereocenters. The summed E-state index contributed by atoms with van der Waals surface area (Å²) in [6.07, 6.45) is 3.83. The van der Waals surface area contributed by atoms with Gasteiger partial charge in [-0.05, 0) is 25.5 Å². The highest BCUT2D eigenvalue weighted by molar-refractivity contribution is 7.99. The lowest BCUT2D eigenvalue weighted by Crippen LogP contribution is -2.42. The van der Waals surface area contributed by atoms with Crippen molar-refractivity contribution in [2.45, 2.75) is 37.0 Å². The zero-order valence-corrected chi connectivity index (χ0v) is 12.0. The molecule has 0 bridgehead atoms. The molecule has 0 radical (unpaired) electrons. The number of rotatable bonds is 5. The van der Waals surface area contributed by atoms with Crippen molar-refractivity contribution >= 4 is 23.8 Å². The van der Waals surface area contributed by atoms with Gasteiger partial charge in [0.25, 0.3) is 0 Å². The third-order valence-corrected chi connectivity index (χ3v) is 4.41. The molecule has 7 heteroatoms. The summed E-state index contributed by atoms with van der Waals surface area (Å²) in [6, 6.07) is -0.167. The molecule has 0 aromatic carbocycles. The van der Waals surface area contributed by atoms with E-state index in [0.717, 1.165) is 32.4 Å². The fraction of sp³-hybridized carbons (Fsp3) is 0.833. The Labute approximate surface area is 117 Å². The number of nitrogens with zero attached hydrogens (tertiary/aromatic N) is 1. The Hall–Kier alpha value is -0.950. The highest BCUT2D eigenvalue weighted by Gasteiger charge is 2.20. The Balaban J connectivity index is 2.27. The van der Waals surface area contributed by atoms with Crippen LogP contribution in [0.5, 0.6) is 0 Å². The number of aliphatic carboxylic acids is 1. The summed E-state index contributed by atoms with van der Waals surface area (Å²) < 4.78 is 0. The molecular formula is C12H22N2O4S. The highest BCUT2D eigenvalue weighted by atomic mass is 32.2. The third kappa shape index (κ3) is 5.69. The first kappa shape index (κ1) is 16.1. The molecule has 0 spiro atoms. The number of amides is 2. The van der Waals surface area contributed by atoms with Crippen LogP contribution in [0.15, 0.2) is 0 Å². The molecule has 0 aliphatic carbocycles. The van der Waals surface area contributed by atoms with Gasteiger partial charge in [-0.15, -0.1) is 0 Å². The van der Waals surface area contributed by atoms with E-state index in [1.807, 2.05) is 11.8 Å². The Bertz CT molecular complexity index is 314. The van der Waals surface area contributed by atoms with Gasteiger partial charge in [-0.1, -0.05) is 0 Å². The van der Waals surface area contributed by atoms with Gasteiger partial charge >= 0.3 is 12.0 Å². The maximum atomic E-state index is 11.9. The minimum atomic E-state index is -1.41. The molecule has 0 aromatic rings. The fourth-order valence-corrected chi connectivity index (χ4v) is 2.80. The quantitative estimate of drug-likeness (QED) is 0.695. The van der Waals surface area contributed by atoms with Crippen molar-refractivity contribution < 1.29 is 19.8 Å². The lowest BCUT2D eigenvalue weighted by atomic mass is 10.2. The van der Waals surface area contributed by atoms with Crippen molar-refractivity contribution in [1.29, 1.82) is 0 Å². The SMILES string of the molecule is CSC1CCCN(C(=O)NCCC(O)C(=O)O)CC1. The second-order valence-electron chi connectivity index (χ2n) is 4.65. The predicted octanol–water partition coefficient (Wildman–Crippen LogP) is 0.749. The van der Waals surface area contributed by atoms with Gasteiger partial charge in [0.2, 0.25) is 0 Å². The number of carboxylic acids is 1. The molecule has 1 heterocycles.